The molecule has 0 bridgehead atoms. The number of aryl methyl sites for hydroxylation is 1. The van der Waals surface area contributed by atoms with Crippen molar-refractivity contribution in [2.24, 2.45) is 0 Å². The van der Waals surface area contributed by atoms with Gasteiger partial charge in [-0.3, -0.25) is 4.79 Å². The van der Waals surface area contributed by atoms with Gasteiger partial charge in [0.25, 0.3) is 0 Å². The second-order valence-electron chi connectivity index (χ2n) is 6.12. The predicted octanol–water partition coefficient (Wildman–Crippen LogP) is 2.71. The van der Waals surface area contributed by atoms with Crippen molar-refractivity contribution in [3.05, 3.63) is 53.1 Å². The molecule has 0 fully saturated rings. The highest BCUT2D eigenvalue weighted by atomic mass is 32.2. The van der Waals surface area contributed by atoms with Crippen LogP contribution in [0, 0.1) is 6.92 Å². The number of benzene rings is 1. The van der Waals surface area contributed by atoms with Gasteiger partial charge in [-0.1, -0.05) is 24.3 Å². The fourth-order valence-electron chi connectivity index (χ4n) is 2.62. The number of hydrogen-bond donors (Lipinski definition) is 1. The molecule has 0 saturated heterocycles. The maximum absolute atomic E-state index is 12.6. The van der Waals surface area contributed by atoms with Gasteiger partial charge in [0, 0.05) is 24.8 Å². The van der Waals surface area contributed by atoms with Crippen LogP contribution < -0.4 is 5.32 Å². The SMILES string of the molecule is COCCCS(=O)(=O)c1ccc(C2(C(=O)Nc3ncc(C)s3)C=C2)cc1. The van der Waals surface area contributed by atoms with Crippen molar-refractivity contribution < 1.29 is 17.9 Å². The van der Waals surface area contributed by atoms with Crippen molar-refractivity contribution in [3.8, 4) is 0 Å². The highest BCUT2D eigenvalue weighted by Crippen LogP contribution is 2.40. The summed E-state index contributed by atoms with van der Waals surface area (Å²) >= 11 is 1.41. The van der Waals surface area contributed by atoms with Crippen LogP contribution in [0.25, 0.3) is 0 Å². The summed E-state index contributed by atoms with van der Waals surface area (Å²) in [4.78, 5) is 18.0. The van der Waals surface area contributed by atoms with Crippen LogP contribution >= 0.6 is 11.3 Å². The highest BCUT2D eigenvalue weighted by Gasteiger charge is 2.44. The Morgan fingerprint density at radius 1 is 1.27 bits per heavy atom. The van der Waals surface area contributed by atoms with E-state index in [0.717, 1.165) is 10.4 Å². The number of carbonyl (C=O) groups is 1. The Kier molecular flexibility index (Phi) is 5.27. The van der Waals surface area contributed by atoms with Crippen LogP contribution in [-0.2, 0) is 24.8 Å². The molecule has 1 aliphatic carbocycles. The molecule has 1 aromatic carbocycles. The molecule has 0 spiro atoms. The molecule has 0 saturated carbocycles. The van der Waals surface area contributed by atoms with Crippen LogP contribution in [0.1, 0.15) is 16.9 Å². The summed E-state index contributed by atoms with van der Waals surface area (Å²) in [6, 6.07) is 6.49. The standard InChI is InChI=1S/C18H20N2O4S2/c1-13-12-19-17(25-13)20-16(21)18(8-9-18)14-4-6-15(7-5-14)26(22,23)11-3-10-24-2/h4-9,12H,3,10-11H2,1-2H3,(H,19,20,21). The molecule has 1 N–H and O–H groups in total. The molecule has 1 aliphatic rings. The highest BCUT2D eigenvalue weighted by molar-refractivity contribution is 7.91. The number of anilines is 1. The van der Waals surface area contributed by atoms with E-state index in [1.54, 1.807) is 49.7 Å². The molecule has 0 radical (unpaired) electrons. The van der Waals surface area contributed by atoms with Gasteiger partial charge in [0.15, 0.2) is 15.0 Å². The maximum Gasteiger partial charge on any atom is 0.244 e. The van der Waals surface area contributed by atoms with Crippen LogP contribution in [0.15, 0.2) is 47.5 Å². The van der Waals surface area contributed by atoms with Crippen LogP contribution in [0.2, 0.25) is 0 Å². The first-order chi connectivity index (χ1) is 12.4. The summed E-state index contributed by atoms with van der Waals surface area (Å²) in [6.07, 6.45) is 5.74. The number of hydrogen-bond acceptors (Lipinski definition) is 6. The predicted molar refractivity (Wildman–Crippen MR) is 101 cm³/mol. The number of rotatable bonds is 8. The fourth-order valence-corrected chi connectivity index (χ4v) is 4.56. The molecule has 1 aromatic heterocycles. The van der Waals surface area contributed by atoms with E-state index in [1.165, 1.54) is 11.3 Å². The zero-order chi connectivity index (χ0) is 18.8. The number of aromatic nitrogens is 1. The summed E-state index contributed by atoms with van der Waals surface area (Å²) < 4.78 is 29.5. The minimum Gasteiger partial charge on any atom is -0.385 e. The molecule has 8 heteroatoms. The largest absolute Gasteiger partial charge is 0.385 e. The quantitative estimate of drug-likeness (QED) is 0.551. The van der Waals surface area contributed by atoms with E-state index in [1.807, 2.05) is 6.92 Å². The van der Waals surface area contributed by atoms with Gasteiger partial charge in [-0.25, -0.2) is 13.4 Å². The molecule has 2 aromatic rings. The number of amides is 1. The van der Waals surface area contributed by atoms with Crippen molar-refractivity contribution in [1.82, 2.24) is 4.98 Å². The van der Waals surface area contributed by atoms with Crippen LogP contribution in [0.5, 0.6) is 0 Å². The number of sulfone groups is 1. The van der Waals surface area contributed by atoms with Crippen molar-refractivity contribution in [2.75, 3.05) is 24.8 Å². The number of ether oxygens (including phenoxy) is 1. The van der Waals surface area contributed by atoms with Crippen molar-refractivity contribution >= 4 is 32.2 Å². The van der Waals surface area contributed by atoms with Gasteiger partial charge < -0.3 is 10.1 Å². The van der Waals surface area contributed by atoms with Gasteiger partial charge in [-0.2, -0.15) is 0 Å². The monoisotopic (exact) mass is 392 g/mol. The van der Waals surface area contributed by atoms with E-state index < -0.39 is 15.3 Å². The normalized spacial score (nSPS) is 15.0. The zero-order valence-corrected chi connectivity index (χ0v) is 16.2. The number of methoxy groups -OCH3 is 1. The van der Waals surface area contributed by atoms with Crippen molar-refractivity contribution in [2.45, 2.75) is 23.7 Å². The third-order valence-electron chi connectivity index (χ3n) is 4.17. The molecule has 0 aliphatic heterocycles. The van der Waals surface area contributed by atoms with E-state index >= 15 is 0 Å². The third kappa shape index (κ3) is 3.87. The van der Waals surface area contributed by atoms with Gasteiger partial charge in [0.2, 0.25) is 5.91 Å². The Hall–Kier alpha value is -2.03. The number of nitrogens with one attached hydrogen (secondary N) is 1. The van der Waals surface area contributed by atoms with Crippen LogP contribution in [0.4, 0.5) is 5.13 Å². The summed E-state index contributed by atoms with van der Waals surface area (Å²) in [5.41, 5.74) is -0.0862. The van der Waals surface area contributed by atoms with Crippen LogP contribution in [0.3, 0.4) is 0 Å². The van der Waals surface area contributed by atoms with Gasteiger partial charge in [-0.15, -0.1) is 11.3 Å². The topological polar surface area (TPSA) is 85.4 Å². The minimum absolute atomic E-state index is 0.0352. The molecule has 3 rings (SSSR count). The molecule has 6 nitrogen and oxygen atoms in total. The van der Waals surface area contributed by atoms with E-state index in [9.17, 15) is 13.2 Å². The fraction of sp³-hybridized carbons (Fsp3) is 0.333. The molecular formula is C18H20N2O4S2. The molecule has 1 amide bonds. The first-order valence-electron chi connectivity index (χ1n) is 8.14. The molecule has 138 valence electrons. The zero-order valence-electron chi connectivity index (χ0n) is 14.6. The lowest BCUT2D eigenvalue weighted by Gasteiger charge is -2.16. The van der Waals surface area contributed by atoms with Crippen molar-refractivity contribution in [3.63, 3.8) is 0 Å². The lowest BCUT2D eigenvalue weighted by Crippen LogP contribution is -2.29. The lowest BCUT2D eigenvalue weighted by atomic mass is 9.93. The Bertz CT molecular complexity index is 924. The summed E-state index contributed by atoms with van der Waals surface area (Å²) in [5.74, 6) is -0.157. The van der Waals surface area contributed by atoms with E-state index in [2.05, 4.69) is 10.3 Å². The number of nitrogens with zero attached hydrogens (tertiary/aromatic N) is 1. The first-order valence-corrected chi connectivity index (χ1v) is 10.6. The Balaban J connectivity index is 1.72. The van der Waals surface area contributed by atoms with E-state index in [-0.39, 0.29) is 16.6 Å². The second-order valence-corrected chi connectivity index (χ2v) is 9.47. The molecular weight excluding hydrogens is 372 g/mol. The Morgan fingerprint density at radius 3 is 2.50 bits per heavy atom. The molecule has 0 atom stereocenters. The lowest BCUT2D eigenvalue weighted by molar-refractivity contribution is -0.117. The number of thiazole rings is 1. The van der Waals surface area contributed by atoms with Gasteiger partial charge >= 0.3 is 0 Å². The van der Waals surface area contributed by atoms with E-state index in [0.29, 0.717) is 18.2 Å². The average molecular weight is 393 g/mol. The van der Waals surface area contributed by atoms with Gasteiger partial charge in [0.05, 0.1) is 10.6 Å². The Labute approximate surface area is 156 Å². The summed E-state index contributed by atoms with van der Waals surface area (Å²) in [5, 5.41) is 3.37. The van der Waals surface area contributed by atoms with Crippen LogP contribution in [-0.4, -0.2) is 38.8 Å². The summed E-state index contributed by atoms with van der Waals surface area (Å²) in [6.45, 7) is 2.32. The Morgan fingerprint density at radius 2 is 1.96 bits per heavy atom. The van der Waals surface area contributed by atoms with Gasteiger partial charge in [0.1, 0.15) is 5.41 Å². The summed E-state index contributed by atoms with van der Waals surface area (Å²) in [7, 11) is -1.81. The minimum atomic E-state index is -3.35. The smallest absolute Gasteiger partial charge is 0.244 e. The maximum atomic E-state index is 12.6. The third-order valence-corrected chi connectivity index (χ3v) is 6.81. The first kappa shape index (κ1) is 18.8. The van der Waals surface area contributed by atoms with Crippen molar-refractivity contribution in [1.29, 1.82) is 0 Å². The number of carbonyl (C=O) groups excluding carboxylic acids is 1. The molecule has 26 heavy (non-hydrogen) atoms. The molecule has 1 heterocycles. The van der Waals surface area contributed by atoms with E-state index in [4.69, 9.17) is 4.74 Å². The molecule has 0 unspecified atom stereocenters. The van der Waals surface area contributed by atoms with Gasteiger partial charge in [-0.05, 0) is 31.0 Å². The second kappa shape index (κ2) is 7.30. The average Bonchev–Trinajstić information content (AvgIpc) is 3.33.